The van der Waals surface area contributed by atoms with Crippen LogP contribution in [0.5, 0.6) is 0 Å². The Morgan fingerprint density at radius 2 is 2.05 bits per heavy atom. The van der Waals surface area contributed by atoms with Crippen molar-refractivity contribution < 1.29 is 5.11 Å². The molecule has 2 rings (SSSR count). The number of hydrogen-bond acceptors (Lipinski definition) is 4. The predicted octanol–water partition coefficient (Wildman–Crippen LogP) is 4.60. The van der Waals surface area contributed by atoms with Crippen LogP contribution in [0.1, 0.15) is 58.1 Å². The number of nitrogens with zero attached hydrogens (tertiary/aromatic N) is 1. The molecule has 0 amide bonds. The smallest absolute Gasteiger partial charge is 0.183 e. The van der Waals surface area contributed by atoms with Gasteiger partial charge in [0.2, 0.25) is 0 Å². The highest BCUT2D eigenvalue weighted by Gasteiger charge is 2.18. The van der Waals surface area contributed by atoms with Crippen LogP contribution >= 0.6 is 27.3 Å². The lowest BCUT2D eigenvalue weighted by atomic mass is 9.86. The van der Waals surface area contributed by atoms with E-state index in [1.165, 1.54) is 37.8 Å². The molecule has 3 nitrogen and oxygen atoms in total. The first-order valence-electron chi connectivity index (χ1n) is 7.55. The van der Waals surface area contributed by atoms with Crippen molar-refractivity contribution in [2.45, 2.75) is 64.4 Å². The van der Waals surface area contributed by atoms with Crippen molar-refractivity contribution in [3.8, 4) is 0 Å². The average molecular weight is 361 g/mol. The maximum atomic E-state index is 9.71. The Morgan fingerprint density at radius 3 is 2.70 bits per heavy atom. The minimum atomic E-state index is -0.619. The fraction of sp³-hybridized carbons (Fsp3) is 0.800. The van der Waals surface area contributed by atoms with E-state index in [1.807, 2.05) is 13.8 Å². The van der Waals surface area contributed by atoms with Gasteiger partial charge in [0.05, 0.1) is 15.1 Å². The second-order valence-electron chi connectivity index (χ2n) is 6.44. The summed E-state index contributed by atoms with van der Waals surface area (Å²) < 4.78 is 1.16. The van der Waals surface area contributed by atoms with Gasteiger partial charge in [0.25, 0.3) is 0 Å². The monoisotopic (exact) mass is 360 g/mol. The molecule has 1 aliphatic rings. The molecule has 1 saturated carbocycles. The molecule has 1 aromatic heterocycles. The van der Waals surface area contributed by atoms with Crippen LogP contribution in [-0.4, -0.2) is 22.2 Å². The Hall–Kier alpha value is -0.130. The summed E-state index contributed by atoms with van der Waals surface area (Å²) >= 11 is 5.31. The summed E-state index contributed by atoms with van der Waals surface area (Å²) in [4.78, 5) is 4.70. The topological polar surface area (TPSA) is 45.1 Å². The molecule has 0 aromatic carbocycles. The zero-order chi connectivity index (χ0) is 14.6. The van der Waals surface area contributed by atoms with Crippen LogP contribution in [-0.2, 0) is 6.42 Å². The molecule has 1 aromatic rings. The number of anilines is 1. The molecule has 1 aliphatic carbocycles. The van der Waals surface area contributed by atoms with E-state index in [0.29, 0.717) is 0 Å². The lowest BCUT2D eigenvalue weighted by Crippen LogP contribution is -2.22. The zero-order valence-corrected chi connectivity index (χ0v) is 14.8. The van der Waals surface area contributed by atoms with E-state index < -0.39 is 5.60 Å². The van der Waals surface area contributed by atoms with E-state index in [-0.39, 0.29) is 0 Å². The fourth-order valence-corrected chi connectivity index (χ4v) is 4.13. The maximum absolute atomic E-state index is 9.71. The van der Waals surface area contributed by atoms with E-state index in [4.69, 9.17) is 4.98 Å². The highest BCUT2D eigenvalue weighted by atomic mass is 79.9. The highest BCUT2D eigenvalue weighted by molar-refractivity contribution is 9.11. The van der Waals surface area contributed by atoms with Gasteiger partial charge in [-0.3, -0.25) is 0 Å². The third-order valence-electron chi connectivity index (χ3n) is 3.87. The Balaban J connectivity index is 1.85. The van der Waals surface area contributed by atoms with Gasteiger partial charge in [0, 0.05) is 6.54 Å². The first kappa shape index (κ1) is 16.2. The van der Waals surface area contributed by atoms with Gasteiger partial charge < -0.3 is 10.4 Å². The second-order valence-corrected chi connectivity index (χ2v) is 8.75. The lowest BCUT2D eigenvalue weighted by molar-refractivity contribution is 0.0749. The van der Waals surface area contributed by atoms with E-state index in [2.05, 4.69) is 21.2 Å². The van der Waals surface area contributed by atoms with Crippen molar-refractivity contribution in [3.63, 3.8) is 0 Å². The highest BCUT2D eigenvalue weighted by Crippen LogP contribution is 2.33. The van der Waals surface area contributed by atoms with Crippen LogP contribution in [0.4, 0.5) is 5.13 Å². The molecular weight excluding hydrogens is 336 g/mol. The van der Waals surface area contributed by atoms with E-state index in [1.54, 1.807) is 11.3 Å². The predicted molar refractivity (Wildman–Crippen MR) is 89.5 cm³/mol. The molecule has 5 heteroatoms. The summed E-state index contributed by atoms with van der Waals surface area (Å²) in [5.74, 6) is 0.811. The van der Waals surface area contributed by atoms with Crippen LogP contribution in [0.25, 0.3) is 0 Å². The number of nitrogens with one attached hydrogen (secondary N) is 1. The van der Waals surface area contributed by atoms with Crippen molar-refractivity contribution in [1.82, 2.24) is 4.98 Å². The van der Waals surface area contributed by atoms with Gasteiger partial charge in [-0.05, 0) is 48.5 Å². The summed E-state index contributed by atoms with van der Waals surface area (Å²) in [6.07, 6.45) is 8.69. The number of hydrogen-bond donors (Lipinski definition) is 2. The maximum Gasteiger partial charge on any atom is 0.183 e. The largest absolute Gasteiger partial charge is 0.390 e. The Morgan fingerprint density at radius 1 is 1.35 bits per heavy atom. The van der Waals surface area contributed by atoms with E-state index >= 15 is 0 Å². The van der Waals surface area contributed by atoms with Crippen LogP contribution in [0.15, 0.2) is 3.79 Å². The SMILES string of the molecule is CC(C)(O)CCNc1nc(CC2CCCCC2)c(Br)s1. The fourth-order valence-electron chi connectivity index (χ4n) is 2.67. The Kier molecular flexibility index (Phi) is 5.87. The molecule has 0 aliphatic heterocycles. The number of rotatable bonds is 6. The minimum Gasteiger partial charge on any atom is -0.390 e. The van der Waals surface area contributed by atoms with Crippen LogP contribution in [0.3, 0.4) is 0 Å². The lowest BCUT2D eigenvalue weighted by Gasteiger charge is -2.20. The molecule has 0 unspecified atom stereocenters. The van der Waals surface area contributed by atoms with Gasteiger partial charge in [0.15, 0.2) is 5.13 Å². The van der Waals surface area contributed by atoms with E-state index in [9.17, 15) is 5.11 Å². The molecule has 2 N–H and O–H groups in total. The minimum absolute atomic E-state index is 0.619. The number of thiazole rings is 1. The van der Waals surface area contributed by atoms with Gasteiger partial charge in [-0.25, -0.2) is 4.98 Å². The molecule has 0 radical (unpaired) electrons. The molecule has 0 saturated heterocycles. The average Bonchev–Trinajstić information content (AvgIpc) is 2.70. The van der Waals surface area contributed by atoms with Crippen LogP contribution in [0.2, 0.25) is 0 Å². The van der Waals surface area contributed by atoms with Crippen LogP contribution in [0, 0.1) is 5.92 Å². The molecule has 20 heavy (non-hydrogen) atoms. The van der Waals surface area contributed by atoms with Gasteiger partial charge in [0.1, 0.15) is 0 Å². The van der Waals surface area contributed by atoms with E-state index in [0.717, 1.165) is 34.2 Å². The first-order valence-corrected chi connectivity index (χ1v) is 9.16. The quantitative estimate of drug-likeness (QED) is 0.778. The summed E-state index contributed by atoms with van der Waals surface area (Å²) in [7, 11) is 0. The molecule has 0 spiro atoms. The molecule has 114 valence electrons. The summed E-state index contributed by atoms with van der Waals surface area (Å²) in [6.45, 7) is 4.42. The van der Waals surface area contributed by atoms with Crippen molar-refractivity contribution >= 4 is 32.4 Å². The molecular formula is C15H25BrN2OS. The normalized spacial score (nSPS) is 17.4. The van der Waals surface area contributed by atoms with Crippen molar-refractivity contribution in [2.24, 2.45) is 5.92 Å². The zero-order valence-electron chi connectivity index (χ0n) is 12.4. The molecule has 1 heterocycles. The number of halogens is 1. The van der Waals surface area contributed by atoms with Gasteiger partial charge in [-0.15, -0.1) is 0 Å². The first-order chi connectivity index (χ1) is 9.44. The summed E-state index contributed by atoms with van der Waals surface area (Å²) in [5, 5.41) is 14.0. The van der Waals surface area contributed by atoms with Gasteiger partial charge in [-0.1, -0.05) is 43.4 Å². The van der Waals surface area contributed by atoms with Gasteiger partial charge in [-0.2, -0.15) is 0 Å². The second kappa shape index (κ2) is 7.23. The third kappa shape index (κ3) is 5.34. The standard InChI is InChI=1S/C15H25BrN2OS/c1-15(2,19)8-9-17-14-18-12(13(16)20-14)10-11-6-4-3-5-7-11/h11,19H,3-10H2,1-2H3,(H,17,18). The summed E-state index contributed by atoms with van der Waals surface area (Å²) in [6, 6.07) is 0. The van der Waals surface area contributed by atoms with Crippen LogP contribution < -0.4 is 5.32 Å². The van der Waals surface area contributed by atoms with Crippen molar-refractivity contribution in [3.05, 3.63) is 9.48 Å². The molecule has 0 bridgehead atoms. The van der Waals surface area contributed by atoms with Crippen molar-refractivity contribution in [1.29, 1.82) is 0 Å². The molecule has 1 fully saturated rings. The molecule has 0 atom stereocenters. The Bertz CT molecular complexity index is 422. The Labute approximate surface area is 134 Å². The van der Waals surface area contributed by atoms with Crippen molar-refractivity contribution in [2.75, 3.05) is 11.9 Å². The third-order valence-corrected chi connectivity index (χ3v) is 5.66. The number of aliphatic hydroxyl groups is 1. The summed E-state index contributed by atoms with van der Waals surface area (Å²) in [5.41, 5.74) is 0.583. The number of aromatic nitrogens is 1. The van der Waals surface area contributed by atoms with Gasteiger partial charge >= 0.3 is 0 Å².